The maximum absolute atomic E-state index is 5.95. The second-order valence-corrected chi connectivity index (χ2v) is 6.24. The molecule has 0 saturated carbocycles. The van der Waals surface area contributed by atoms with Gasteiger partial charge in [-0.3, -0.25) is 0 Å². The van der Waals surface area contributed by atoms with Gasteiger partial charge in [0, 0.05) is 11.2 Å². The summed E-state index contributed by atoms with van der Waals surface area (Å²) >= 11 is 7.51. The minimum atomic E-state index is 0.202. The van der Waals surface area contributed by atoms with Crippen molar-refractivity contribution in [3.05, 3.63) is 53.0 Å². The number of rotatable bonds is 3. The zero-order chi connectivity index (χ0) is 16.5. The number of aromatic nitrogens is 6. The van der Waals surface area contributed by atoms with E-state index in [4.69, 9.17) is 17.3 Å². The van der Waals surface area contributed by atoms with Crippen molar-refractivity contribution in [3.63, 3.8) is 0 Å². The van der Waals surface area contributed by atoms with E-state index in [1.807, 2.05) is 29.6 Å². The molecular weight excluding hydrogens is 346 g/mol. The first-order valence-electron chi connectivity index (χ1n) is 6.93. The summed E-state index contributed by atoms with van der Waals surface area (Å²) in [5, 5.41) is 14.6. The molecule has 1 aromatic carbocycles. The van der Waals surface area contributed by atoms with Gasteiger partial charge >= 0.3 is 0 Å². The first-order chi connectivity index (χ1) is 11.7. The Balaban J connectivity index is 1.90. The van der Waals surface area contributed by atoms with E-state index < -0.39 is 0 Å². The fourth-order valence-electron chi connectivity index (χ4n) is 2.27. The summed E-state index contributed by atoms with van der Waals surface area (Å²) in [5.41, 5.74) is 7.94. The molecule has 0 aliphatic heterocycles. The zero-order valence-corrected chi connectivity index (χ0v) is 13.7. The van der Waals surface area contributed by atoms with Gasteiger partial charge in [-0.2, -0.15) is 4.68 Å². The Morgan fingerprint density at radius 2 is 1.96 bits per heavy atom. The van der Waals surface area contributed by atoms with Crippen molar-refractivity contribution in [2.45, 2.75) is 0 Å². The number of nitrogen functional groups attached to an aromatic ring is 1. The first-order valence-corrected chi connectivity index (χ1v) is 8.19. The van der Waals surface area contributed by atoms with Gasteiger partial charge < -0.3 is 5.73 Å². The van der Waals surface area contributed by atoms with Crippen molar-refractivity contribution in [3.8, 4) is 27.6 Å². The maximum Gasteiger partial charge on any atom is 0.220 e. The second-order valence-electron chi connectivity index (χ2n) is 4.86. The van der Waals surface area contributed by atoms with E-state index in [0.717, 1.165) is 10.6 Å². The highest BCUT2D eigenvalue weighted by molar-refractivity contribution is 7.13. The van der Waals surface area contributed by atoms with E-state index in [9.17, 15) is 0 Å². The number of anilines is 1. The molecule has 0 atom stereocenters. The Labute approximate surface area is 145 Å². The van der Waals surface area contributed by atoms with E-state index in [-0.39, 0.29) is 5.95 Å². The molecule has 0 bridgehead atoms. The molecular formula is C15H10ClN7S. The standard InChI is InChI=1S/C15H10ClN7S/c16-9-3-5-10(6-4-9)23-14(20-21-22-23)11-8-18-15(17)19-13(11)12-2-1-7-24-12/h1-8H,(H2,17,18,19). The van der Waals surface area contributed by atoms with Gasteiger partial charge in [0.2, 0.25) is 5.95 Å². The Morgan fingerprint density at radius 1 is 1.12 bits per heavy atom. The minimum Gasteiger partial charge on any atom is -0.368 e. The van der Waals surface area contributed by atoms with E-state index in [2.05, 4.69) is 25.5 Å². The van der Waals surface area contributed by atoms with Gasteiger partial charge in [0.05, 0.1) is 21.8 Å². The number of hydrogen-bond donors (Lipinski definition) is 1. The van der Waals surface area contributed by atoms with Crippen LogP contribution >= 0.6 is 22.9 Å². The Kier molecular flexibility index (Phi) is 3.68. The quantitative estimate of drug-likeness (QED) is 0.606. The van der Waals surface area contributed by atoms with Crippen molar-refractivity contribution in [2.24, 2.45) is 0 Å². The molecule has 0 unspecified atom stereocenters. The predicted molar refractivity (Wildman–Crippen MR) is 92.9 cm³/mol. The smallest absolute Gasteiger partial charge is 0.220 e. The minimum absolute atomic E-state index is 0.202. The summed E-state index contributed by atoms with van der Waals surface area (Å²) < 4.78 is 1.61. The molecule has 0 aliphatic carbocycles. The number of thiophene rings is 1. The third-order valence-electron chi connectivity index (χ3n) is 3.34. The van der Waals surface area contributed by atoms with Crippen LogP contribution in [0.1, 0.15) is 0 Å². The first kappa shape index (κ1) is 14.7. The van der Waals surface area contributed by atoms with Crippen LogP contribution in [0.15, 0.2) is 48.0 Å². The lowest BCUT2D eigenvalue weighted by atomic mass is 10.2. The lowest BCUT2D eigenvalue weighted by Gasteiger charge is -2.08. The molecule has 2 N–H and O–H groups in total. The van der Waals surface area contributed by atoms with Crippen LogP contribution < -0.4 is 5.73 Å². The number of halogens is 1. The molecule has 3 heterocycles. The monoisotopic (exact) mass is 355 g/mol. The fourth-order valence-corrected chi connectivity index (χ4v) is 3.13. The molecule has 4 aromatic rings. The average Bonchev–Trinajstić information content (AvgIpc) is 3.27. The van der Waals surface area contributed by atoms with Crippen LogP contribution in [0.4, 0.5) is 5.95 Å². The van der Waals surface area contributed by atoms with Crippen LogP contribution in [0, 0.1) is 0 Å². The molecule has 7 nitrogen and oxygen atoms in total. The Morgan fingerprint density at radius 3 is 2.71 bits per heavy atom. The number of tetrazole rings is 1. The van der Waals surface area contributed by atoms with Crippen molar-refractivity contribution in [1.29, 1.82) is 0 Å². The molecule has 4 rings (SSSR count). The van der Waals surface area contributed by atoms with Crippen molar-refractivity contribution < 1.29 is 0 Å². The lowest BCUT2D eigenvalue weighted by molar-refractivity contribution is 0.791. The van der Waals surface area contributed by atoms with Crippen LogP contribution in [-0.2, 0) is 0 Å². The van der Waals surface area contributed by atoms with Gasteiger partial charge in [-0.1, -0.05) is 17.7 Å². The molecule has 0 aliphatic rings. The molecule has 118 valence electrons. The van der Waals surface area contributed by atoms with Crippen LogP contribution in [0.2, 0.25) is 5.02 Å². The highest BCUT2D eigenvalue weighted by Gasteiger charge is 2.18. The summed E-state index contributed by atoms with van der Waals surface area (Å²) in [7, 11) is 0. The number of nitrogens with two attached hydrogens (primary N) is 1. The molecule has 9 heteroatoms. The molecule has 0 spiro atoms. The van der Waals surface area contributed by atoms with E-state index in [1.54, 1.807) is 34.3 Å². The van der Waals surface area contributed by atoms with Crippen molar-refractivity contribution >= 4 is 28.9 Å². The predicted octanol–water partition coefficient (Wildman–Crippen LogP) is 3.08. The van der Waals surface area contributed by atoms with Crippen LogP contribution in [-0.4, -0.2) is 30.2 Å². The zero-order valence-electron chi connectivity index (χ0n) is 12.2. The summed E-state index contributed by atoms with van der Waals surface area (Å²) in [6.45, 7) is 0. The second kappa shape index (κ2) is 5.99. The van der Waals surface area contributed by atoms with E-state index in [1.165, 1.54) is 0 Å². The highest BCUT2D eigenvalue weighted by Crippen LogP contribution is 2.32. The highest BCUT2D eigenvalue weighted by atomic mass is 35.5. The summed E-state index contributed by atoms with van der Waals surface area (Å²) in [4.78, 5) is 9.43. The third-order valence-corrected chi connectivity index (χ3v) is 4.47. The molecule has 0 amide bonds. The van der Waals surface area contributed by atoms with Crippen LogP contribution in [0.3, 0.4) is 0 Å². The SMILES string of the molecule is Nc1ncc(-c2nnnn2-c2ccc(Cl)cc2)c(-c2cccs2)n1. The largest absolute Gasteiger partial charge is 0.368 e. The molecule has 0 fully saturated rings. The summed E-state index contributed by atoms with van der Waals surface area (Å²) in [6.07, 6.45) is 1.63. The molecule has 0 radical (unpaired) electrons. The fraction of sp³-hybridized carbons (Fsp3) is 0. The number of hydrogen-bond acceptors (Lipinski definition) is 7. The van der Waals surface area contributed by atoms with Gasteiger partial charge in [0.25, 0.3) is 0 Å². The van der Waals surface area contributed by atoms with E-state index >= 15 is 0 Å². The number of benzene rings is 1. The normalized spacial score (nSPS) is 10.9. The van der Waals surface area contributed by atoms with Gasteiger partial charge in [0.15, 0.2) is 5.82 Å². The van der Waals surface area contributed by atoms with Crippen molar-refractivity contribution in [2.75, 3.05) is 5.73 Å². The van der Waals surface area contributed by atoms with Crippen LogP contribution in [0.25, 0.3) is 27.6 Å². The lowest BCUT2D eigenvalue weighted by Crippen LogP contribution is -2.03. The molecule has 3 aromatic heterocycles. The Bertz CT molecular complexity index is 979. The van der Waals surface area contributed by atoms with Crippen LogP contribution in [0.5, 0.6) is 0 Å². The molecule has 0 saturated heterocycles. The van der Waals surface area contributed by atoms with Gasteiger partial charge in [-0.05, 0) is 46.1 Å². The van der Waals surface area contributed by atoms with Crippen molar-refractivity contribution in [1.82, 2.24) is 30.2 Å². The third kappa shape index (κ3) is 2.61. The average molecular weight is 356 g/mol. The molecule has 24 heavy (non-hydrogen) atoms. The topological polar surface area (TPSA) is 95.4 Å². The number of nitrogens with zero attached hydrogens (tertiary/aromatic N) is 6. The maximum atomic E-state index is 5.95. The van der Waals surface area contributed by atoms with Gasteiger partial charge in [-0.25, -0.2) is 9.97 Å². The van der Waals surface area contributed by atoms with E-state index in [0.29, 0.717) is 22.1 Å². The summed E-state index contributed by atoms with van der Waals surface area (Å²) in [5.74, 6) is 0.730. The van der Waals surface area contributed by atoms with Gasteiger partial charge in [0.1, 0.15) is 0 Å². The Hall–Kier alpha value is -2.84. The summed E-state index contributed by atoms with van der Waals surface area (Å²) in [6, 6.07) is 11.1. The van der Waals surface area contributed by atoms with Gasteiger partial charge in [-0.15, -0.1) is 16.4 Å².